The Kier molecular flexibility index (Phi) is 4.75. The number of piperazine rings is 2. The molecule has 3 aliphatic rings. The van der Waals surface area contributed by atoms with Gasteiger partial charge in [-0.1, -0.05) is 0 Å². The van der Waals surface area contributed by atoms with E-state index in [2.05, 4.69) is 14.8 Å². The van der Waals surface area contributed by atoms with Crippen molar-refractivity contribution >= 4 is 23.2 Å². The molecule has 3 saturated heterocycles. The number of hydrogen-bond acceptors (Lipinski definition) is 6. The fourth-order valence-electron chi connectivity index (χ4n) is 3.92. The van der Waals surface area contributed by atoms with Gasteiger partial charge in [-0.05, 0) is 25.9 Å². The average molecular weight is 363 g/mol. The monoisotopic (exact) mass is 363 g/mol. The third-order valence-electron chi connectivity index (χ3n) is 5.48. The number of rotatable bonds is 3. The van der Waals surface area contributed by atoms with Crippen LogP contribution in [-0.4, -0.2) is 95.3 Å². The molecule has 1 aromatic heterocycles. The molecular weight excluding hydrogens is 338 g/mol. The zero-order valence-corrected chi connectivity index (χ0v) is 15.5. The number of likely N-dealkylation sites (N-methyl/N-ethyl adjacent to an activating group) is 1. The molecule has 0 spiro atoms. The fraction of sp³-hybridized carbons (Fsp3) is 0.706. The Morgan fingerprint density at radius 2 is 1.96 bits per heavy atom. The van der Waals surface area contributed by atoms with Crippen LogP contribution in [0.25, 0.3) is 0 Å². The molecule has 3 fully saturated rings. The van der Waals surface area contributed by atoms with E-state index in [1.165, 1.54) is 24.2 Å². The molecule has 1 atom stereocenters. The predicted molar refractivity (Wildman–Crippen MR) is 95.5 cm³/mol. The Bertz CT molecular complexity index is 657. The Morgan fingerprint density at radius 3 is 2.76 bits per heavy atom. The van der Waals surface area contributed by atoms with Gasteiger partial charge in [0.2, 0.25) is 5.91 Å². The number of carbonyl (C=O) groups is 2. The number of amides is 2. The van der Waals surface area contributed by atoms with Crippen molar-refractivity contribution in [3.05, 3.63) is 16.1 Å². The second kappa shape index (κ2) is 7.01. The van der Waals surface area contributed by atoms with Crippen LogP contribution < -0.4 is 0 Å². The molecule has 0 aliphatic carbocycles. The van der Waals surface area contributed by atoms with E-state index in [4.69, 9.17) is 0 Å². The maximum Gasteiger partial charge on any atom is 0.265 e. The number of thiazole rings is 1. The molecule has 7 nitrogen and oxygen atoms in total. The summed E-state index contributed by atoms with van der Waals surface area (Å²) in [5, 5.41) is 1.01. The van der Waals surface area contributed by atoms with E-state index in [1.54, 1.807) is 11.1 Å². The molecule has 1 unspecified atom stereocenters. The Balaban J connectivity index is 1.41. The summed E-state index contributed by atoms with van der Waals surface area (Å²) in [5.41, 5.74) is 0. The molecule has 4 rings (SSSR count). The zero-order chi connectivity index (χ0) is 17.4. The van der Waals surface area contributed by atoms with E-state index < -0.39 is 0 Å². The van der Waals surface area contributed by atoms with Crippen LogP contribution in [0.5, 0.6) is 0 Å². The summed E-state index contributed by atoms with van der Waals surface area (Å²) in [4.78, 5) is 38.6. The van der Waals surface area contributed by atoms with Gasteiger partial charge in [0.1, 0.15) is 15.9 Å². The first-order chi connectivity index (χ1) is 12.1. The molecule has 8 heteroatoms. The van der Waals surface area contributed by atoms with E-state index in [0.29, 0.717) is 18.0 Å². The van der Waals surface area contributed by atoms with Crippen molar-refractivity contribution in [2.75, 3.05) is 52.9 Å². The molecule has 4 heterocycles. The van der Waals surface area contributed by atoms with Crippen LogP contribution in [0, 0.1) is 0 Å². The summed E-state index contributed by atoms with van der Waals surface area (Å²) in [7, 11) is 1.84. The maximum absolute atomic E-state index is 12.9. The van der Waals surface area contributed by atoms with E-state index in [9.17, 15) is 9.59 Å². The number of aromatic nitrogens is 1. The van der Waals surface area contributed by atoms with Crippen molar-refractivity contribution in [3.63, 3.8) is 0 Å². The van der Waals surface area contributed by atoms with E-state index in [1.807, 2.05) is 11.9 Å². The maximum atomic E-state index is 12.9. The first kappa shape index (κ1) is 16.9. The van der Waals surface area contributed by atoms with Crippen molar-refractivity contribution in [3.8, 4) is 0 Å². The molecule has 25 heavy (non-hydrogen) atoms. The van der Waals surface area contributed by atoms with Gasteiger partial charge in [-0.2, -0.15) is 0 Å². The third-order valence-corrected chi connectivity index (χ3v) is 6.45. The summed E-state index contributed by atoms with van der Waals surface area (Å²) in [6, 6.07) is -0.187. The standard InChI is InChI=1S/C17H25N5O2S/c1-19-6-7-21-8-9-22(11-13(21)16(19)23)17(24)14-10-18-15(25-14)12-20-4-2-3-5-20/h10,13H,2-9,11-12H2,1H3. The highest BCUT2D eigenvalue weighted by molar-refractivity contribution is 7.13. The van der Waals surface area contributed by atoms with Crippen molar-refractivity contribution in [2.45, 2.75) is 25.4 Å². The van der Waals surface area contributed by atoms with Gasteiger partial charge in [-0.15, -0.1) is 11.3 Å². The zero-order valence-electron chi connectivity index (χ0n) is 14.7. The molecule has 136 valence electrons. The van der Waals surface area contributed by atoms with Gasteiger partial charge in [0.05, 0.1) is 12.7 Å². The second-order valence-corrected chi connectivity index (χ2v) is 8.28. The van der Waals surface area contributed by atoms with Gasteiger partial charge in [0, 0.05) is 39.8 Å². The molecule has 0 saturated carbocycles. The Morgan fingerprint density at radius 1 is 1.20 bits per heavy atom. The molecule has 1 aromatic rings. The van der Waals surface area contributed by atoms with Crippen LogP contribution in [0.2, 0.25) is 0 Å². The summed E-state index contributed by atoms with van der Waals surface area (Å²) < 4.78 is 0. The molecule has 2 amide bonds. The van der Waals surface area contributed by atoms with Crippen molar-refractivity contribution < 1.29 is 9.59 Å². The SMILES string of the molecule is CN1CCN2CCN(C(=O)c3cnc(CN4CCCC4)s3)CC2C1=O. The summed E-state index contributed by atoms with van der Waals surface area (Å²) in [5.74, 6) is 0.147. The summed E-state index contributed by atoms with van der Waals surface area (Å²) in [6.07, 6.45) is 4.22. The fourth-order valence-corrected chi connectivity index (χ4v) is 4.85. The van der Waals surface area contributed by atoms with Gasteiger partial charge in [-0.3, -0.25) is 19.4 Å². The number of carbonyl (C=O) groups excluding carboxylic acids is 2. The largest absolute Gasteiger partial charge is 0.343 e. The molecular formula is C17H25N5O2S. The van der Waals surface area contributed by atoms with Crippen LogP contribution in [-0.2, 0) is 11.3 Å². The predicted octanol–water partition coefficient (Wildman–Crippen LogP) is 0.337. The van der Waals surface area contributed by atoms with Crippen LogP contribution in [0.3, 0.4) is 0 Å². The molecule has 3 aliphatic heterocycles. The van der Waals surface area contributed by atoms with Gasteiger partial charge in [0.15, 0.2) is 0 Å². The molecule has 0 aromatic carbocycles. The minimum atomic E-state index is -0.187. The number of likely N-dealkylation sites (tertiary alicyclic amines) is 1. The number of nitrogens with zero attached hydrogens (tertiary/aromatic N) is 5. The van der Waals surface area contributed by atoms with Crippen molar-refractivity contribution in [1.29, 1.82) is 0 Å². The first-order valence-corrected chi connectivity index (χ1v) is 9.89. The van der Waals surface area contributed by atoms with Crippen molar-refractivity contribution in [2.24, 2.45) is 0 Å². The highest BCUT2D eigenvalue weighted by Crippen LogP contribution is 2.22. The minimum Gasteiger partial charge on any atom is -0.343 e. The second-order valence-electron chi connectivity index (χ2n) is 7.16. The molecule has 0 radical (unpaired) electrons. The lowest BCUT2D eigenvalue weighted by molar-refractivity contribution is -0.142. The topological polar surface area (TPSA) is 60.0 Å². The highest BCUT2D eigenvalue weighted by Gasteiger charge is 2.39. The van der Waals surface area contributed by atoms with E-state index >= 15 is 0 Å². The van der Waals surface area contributed by atoms with Gasteiger partial charge in [0.25, 0.3) is 5.91 Å². The number of fused-ring (bicyclic) bond motifs is 1. The van der Waals surface area contributed by atoms with Gasteiger partial charge < -0.3 is 9.80 Å². The van der Waals surface area contributed by atoms with Crippen LogP contribution in [0.4, 0.5) is 0 Å². The summed E-state index contributed by atoms with van der Waals surface area (Å²) in [6.45, 7) is 6.72. The highest BCUT2D eigenvalue weighted by atomic mass is 32.1. The first-order valence-electron chi connectivity index (χ1n) is 9.07. The lowest BCUT2D eigenvalue weighted by Gasteiger charge is -2.45. The van der Waals surface area contributed by atoms with Crippen LogP contribution >= 0.6 is 11.3 Å². The smallest absolute Gasteiger partial charge is 0.265 e. The van der Waals surface area contributed by atoms with Gasteiger partial charge >= 0.3 is 0 Å². The Hall–Kier alpha value is -1.51. The normalized spacial score (nSPS) is 25.5. The Labute approximate surface area is 152 Å². The van der Waals surface area contributed by atoms with Crippen molar-refractivity contribution in [1.82, 2.24) is 24.6 Å². The lowest BCUT2D eigenvalue weighted by atomic mass is 10.1. The minimum absolute atomic E-state index is 0.0193. The van der Waals surface area contributed by atoms with Crippen LogP contribution in [0.1, 0.15) is 27.5 Å². The third kappa shape index (κ3) is 3.43. The quantitative estimate of drug-likeness (QED) is 0.775. The average Bonchev–Trinajstić information content (AvgIpc) is 3.30. The lowest BCUT2D eigenvalue weighted by Crippen LogP contribution is -2.64. The number of hydrogen-bond donors (Lipinski definition) is 0. The molecule has 0 bridgehead atoms. The van der Waals surface area contributed by atoms with Gasteiger partial charge in [-0.25, -0.2) is 4.98 Å². The van der Waals surface area contributed by atoms with E-state index in [0.717, 1.165) is 44.3 Å². The van der Waals surface area contributed by atoms with E-state index in [-0.39, 0.29) is 17.9 Å². The summed E-state index contributed by atoms with van der Waals surface area (Å²) >= 11 is 1.50. The molecule has 0 N–H and O–H groups in total. The van der Waals surface area contributed by atoms with Crippen LogP contribution in [0.15, 0.2) is 6.20 Å².